The van der Waals surface area contributed by atoms with Crippen LogP contribution in [0.1, 0.15) is 121 Å². The van der Waals surface area contributed by atoms with Gasteiger partial charge >= 0.3 is 5.97 Å². The first-order chi connectivity index (χ1) is 26.4. The monoisotopic (exact) mass is 758 g/mol. The number of H-pyrrole nitrogens is 1. The molecule has 8 N–H and O–H groups in total. The van der Waals surface area contributed by atoms with E-state index in [1.165, 1.54) is 31.4 Å². The first-order valence-electron chi connectivity index (χ1n) is 20.8. The number of hydrogen-bond donors (Lipinski definition) is 7. The Morgan fingerprint density at radius 1 is 1.02 bits per heavy atom. The summed E-state index contributed by atoms with van der Waals surface area (Å²) in [4.78, 5) is 20.0. The number of aryl methyl sites for hydroxylation is 1. The molecule has 0 saturated heterocycles. The zero-order valence-electron chi connectivity index (χ0n) is 32.8. The van der Waals surface area contributed by atoms with Crippen molar-refractivity contribution in [1.29, 1.82) is 0 Å². The maximum Gasteiger partial charge on any atom is 0.309 e. The second-order valence-electron chi connectivity index (χ2n) is 16.7. The smallest absolute Gasteiger partial charge is 0.309 e. The van der Waals surface area contributed by atoms with Crippen molar-refractivity contribution in [2.75, 3.05) is 5.73 Å². The maximum atomic E-state index is 12.4. The summed E-state index contributed by atoms with van der Waals surface area (Å²) in [6, 6.07) is 10.1. The van der Waals surface area contributed by atoms with Crippen LogP contribution in [0, 0.1) is 29.6 Å². The van der Waals surface area contributed by atoms with Crippen molar-refractivity contribution in [2.24, 2.45) is 29.6 Å². The number of anilines is 1. The van der Waals surface area contributed by atoms with Gasteiger partial charge in [-0.15, -0.1) is 5.75 Å². The Hall–Kier alpha value is -3.86. The summed E-state index contributed by atoms with van der Waals surface area (Å²) in [7, 11) is 0. The molecule has 2 aromatic heterocycles. The van der Waals surface area contributed by atoms with Gasteiger partial charge in [0.15, 0.2) is 0 Å². The topological polar surface area (TPSA) is 196 Å². The molecule has 5 rings (SSSR count). The Morgan fingerprint density at radius 3 is 2.53 bits per heavy atom. The van der Waals surface area contributed by atoms with E-state index in [9.17, 15) is 35.4 Å². The number of unbranched alkanes of at least 4 members (excludes halogenated alkanes) is 4. The summed E-state index contributed by atoms with van der Waals surface area (Å²) in [6.45, 7) is 4.23. The Balaban J connectivity index is 1.20. The highest BCUT2D eigenvalue weighted by molar-refractivity contribution is 5.70. The van der Waals surface area contributed by atoms with Crippen LogP contribution in [0.25, 0.3) is 11.3 Å². The molecule has 0 bridgehead atoms. The molecule has 0 radical (unpaired) electrons. The van der Waals surface area contributed by atoms with Gasteiger partial charge in [0.25, 0.3) is 0 Å². The number of aromatic hydroxyl groups is 1. The Labute approximate surface area is 326 Å². The van der Waals surface area contributed by atoms with Crippen LogP contribution in [0.2, 0.25) is 0 Å². The third kappa shape index (κ3) is 11.8. The number of aliphatic hydroxyl groups excluding tert-OH is 2. The first-order valence-corrected chi connectivity index (χ1v) is 20.8. The second-order valence-corrected chi connectivity index (χ2v) is 16.7. The number of nitrogens with two attached hydrogens (primary N) is 1. The van der Waals surface area contributed by atoms with E-state index in [1.54, 1.807) is 12.3 Å². The lowest BCUT2D eigenvalue weighted by atomic mass is 9.80. The molecule has 10 heteroatoms. The van der Waals surface area contributed by atoms with E-state index < -0.39 is 23.6 Å². The summed E-state index contributed by atoms with van der Waals surface area (Å²) in [5.74, 6) is -1.29. The molecule has 2 heterocycles. The predicted octanol–water partition coefficient (Wildman–Crippen LogP) is 7.47. The molecule has 1 saturated carbocycles. The van der Waals surface area contributed by atoms with Gasteiger partial charge in [0, 0.05) is 29.1 Å². The number of allylic oxidation sites excluding steroid dienone is 1. The SMILES string of the molecule is CCCCC[C@@H]1C=C[C@@H](CCCCC[C@H](C(=O)O)[C@H](O)CC[C@]2(O)C[C@H](Cc3ccnc(N)c3)C[C@H]2Cc2cc(CC)c(-c3cc([O-])cc(O)c3)[nH]2)[C@H](O)C1. The van der Waals surface area contributed by atoms with Crippen molar-refractivity contribution >= 4 is 11.8 Å². The summed E-state index contributed by atoms with van der Waals surface area (Å²) in [6.07, 6.45) is 17.6. The van der Waals surface area contributed by atoms with Crippen molar-refractivity contribution in [3.63, 3.8) is 0 Å². The van der Waals surface area contributed by atoms with E-state index >= 15 is 0 Å². The molecule has 1 aromatic carbocycles. The number of aliphatic carboxylic acids is 1. The number of nitrogen functional groups attached to an aromatic ring is 1. The summed E-state index contributed by atoms with van der Waals surface area (Å²) < 4.78 is 0. The number of carboxylic acids is 1. The van der Waals surface area contributed by atoms with E-state index in [-0.39, 0.29) is 48.2 Å². The molecule has 10 nitrogen and oxygen atoms in total. The van der Waals surface area contributed by atoms with Gasteiger partial charge in [0.05, 0.1) is 23.7 Å². The normalized spacial score (nSPS) is 24.9. The zero-order valence-corrected chi connectivity index (χ0v) is 32.8. The quantitative estimate of drug-likeness (QED) is 0.0426. The van der Waals surface area contributed by atoms with E-state index in [2.05, 4.69) is 35.1 Å². The number of carboxylic acid groups (broad SMARTS) is 1. The first kappa shape index (κ1) is 42.3. The molecule has 2 aliphatic carbocycles. The average molecular weight is 759 g/mol. The highest BCUT2D eigenvalue weighted by Crippen LogP contribution is 2.46. The number of nitrogens with zero attached hydrogens (tertiary/aromatic N) is 1. The van der Waals surface area contributed by atoms with Crippen LogP contribution in [0.3, 0.4) is 0 Å². The number of phenols is 1. The second kappa shape index (κ2) is 19.8. The minimum Gasteiger partial charge on any atom is -0.872 e. The van der Waals surface area contributed by atoms with Crippen molar-refractivity contribution in [3.8, 4) is 22.8 Å². The summed E-state index contributed by atoms with van der Waals surface area (Å²) in [5.41, 5.74) is 9.17. The lowest BCUT2D eigenvalue weighted by molar-refractivity contribution is -0.268. The van der Waals surface area contributed by atoms with Gasteiger partial charge in [-0.2, -0.15) is 0 Å². The Kier molecular flexibility index (Phi) is 15.2. The van der Waals surface area contributed by atoms with Crippen molar-refractivity contribution in [3.05, 3.63) is 71.6 Å². The molecule has 0 unspecified atom stereocenters. The molecule has 1 fully saturated rings. The third-order valence-electron chi connectivity index (χ3n) is 12.4. The van der Waals surface area contributed by atoms with Crippen molar-refractivity contribution in [2.45, 2.75) is 141 Å². The lowest BCUT2D eigenvalue weighted by Crippen LogP contribution is -2.37. The van der Waals surface area contributed by atoms with E-state index in [0.717, 1.165) is 61.0 Å². The van der Waals surface area contributed by atoms with Gasteiger partial charge in [-0.3, -0.25) is 4.79 Å². The summed E-state index contributed by atoms with van der Waals surface area (Å²) in [5, 5.41) is 66.8. The van der Waals surface area contributed by atoms with E-state index in [0.29, 0.717) is 55.8 Å². The number of phenolic OH excluding ortho intramolecular Hbond substituents is 1. The average Bonchev–Trinajstić information content (AvgIpc) is 3.68. The number of hydrogen-bond acceptors (Lipinski definition) is 8. The van der Waals surface area contributed by atoms with E-state index in [4.69, 9.17) is 5.73 Å². The van der Waals surface area contributed by atoms with Crippen LogP contribution < -0.4 is 10.8 Å². The molecule has 8 atom stereocenters. The zero-order chi connectivity index (χ0) is 39.5. The van der Waals surface area contributed by atoms with Crippen LogP contribution in [0.15, 0.2) is 54.7 Å². The number of aliphatic hydroxyl groups is 3. The van der Waals surface area contributed by atoms with Gasteiger partial charge in [-0.1, -0.05) is 70.6 Å². The number of benzene rings is 1. The lowest BCUT2D eigenvalue weighted by Gasteiger charge is -2.32. The molecule has 0 spiro atoms. The maximum absolute atomic E-state index is 12.4. The van der Waals surface area contributed by atoms with Gasteiger partial charge in [0.1, 0.15) is 11.6 Å². The molecular weight excluding hydrogens is 695 g/mol. The number of aromatic nitrogens is 2. The highest BCUT2D eigenvalue weighted by Gasteiger charge is 2.46. The van der Waals surface area contributed by atoms with Gasteiger partial charge in [0.2, 0.25) is 0 Å². The fraction of sp³-hybridized carbons (Fsp3) is 0.600. The van der Waals surface area contributed by atoms with Crippen LogP contribution >= 0.6 is 0 Å². The van der Waals surface area contributed by atoms with Crippen LogP contribution in [-0.4, -0.2) is 59.3 Å². The molecule has 0 amide bonds. The predicted molar refractivity (Wildman–Crippen MR) is 214 cm³/mol. The molecular formula is C45H64N3O7-. The Morgan fingerprint density at radius 2 is 1.82 bits per heavy atom. The van der Waals surface area contributed by atoms with Gasteiger partial charge in [-0.25, -0.2) is 4.98 Å². The van der Waals surface area contributed by atoms with Gasteiger partial charge < -0.3 is 41.4 Å². The summed E-state index contributed by atoms with van der Waals surface area (Å²) >= 11 is 0. The van der Waals surface area contributed by atoms with Crippen molar-refractivity contribution in [1.82, 2.24) is 9.97 Å². The Bertz CT molecular complexity index is 1690. The minimum absolute atomic E-state index is 0.0912. The molecule has 55 heavy (non-hydrogen) atoms. The number of pyridine rings is 1. The fourth-order valence-corrected chi connectivity index (χ4v) is 9.41. The fourth-order valence-electron chi connectivity index (χ4n) is 9.41. The standard InChI is InChI=1S/C45H65N3O7/c1-3-5-7-10-29-13-14-33(41(52)21-29)11-8-6-9-12-39(44(53)54)40(51)15-17-45(55)28-31(19-30-16-18-47-42(46)22-30)20-35(45)26-36-23-32(4-2)43(48-36)34-24-37(49)27-38(50)25-34/h13-14,16,18,22-25,27,29,31,33,35,39-41,48-52,55H,3-12,15,17,19-21,26,28H2,1-2H3,(H2,46,47)(H,53,54)/p-1/t29-,31-,33-,35+,39+,40-,41-,45+/m1/s1. The number of aromatic amines is 1. The van der Waals surface area contributed by atoms with Crippen molar-refractivity contribution < 1.29 is 35.4 Å². The van der Waals surface area contributed by atoms with E-state index in [1.807, 2.05) is 19.1 Å². The third-order valence-corrected chi connectivity index (χ3v) is 12.4. The molecule has 0 aliphatic heterocycles. The van der Waals surface area contributed by atoms with Crippen LogP contribution in [0.5, 0.6) is 11.5 Å². The minimum atomic E-state index is -1.14. The molecule has 3 aromatic rings. The largest absolute Gasteiger partial charge is 0.872 e. The van der Waals surface area contributed by atoms with Crippen LogP contribution in [-0.2, 0) is 24.1 Å². The van der Waals surface area contributed by atoms with Crippen LogP contribution in [0.4, 0.5) is 5.82 Å². The highest BCUT2D eigenvalue weighted by atomic mass is 16.4. The number of nitrogens with one attached hydrogen (secondary N) is 1. The van der Waals surface area contributed by atoms with Gasteiger partial charge in [-0.05, 0) is 130 Å². The number of rotatable bonds is 21. The molecule has 302 valence electrons. The molecule has 2 aliphatic rings. The number of carbonyl (C=O) groups is 1.